The summed E-state index contributed by atoms with van der Waals surface area (Å²) in [5.41, 5.74) is 11.0. The number of carbonyl (C=O) groups excluding carboxylic acids is 1. The quantitative estimate of drug-likeness (QED) is 0.0947. The summed E-state index contributed by atoms with van der Waals surface area (Å²) in [7, 11) is 0. The third kappa shape index (κ3) is 6.38. The Bertz CT molecular complexity index is 2550. The van der Waals surface area contributed by atoms with Crippen LogP contribution in [-0.2, 0) is 9.59 Å². The average molecular weight is 761 g/mol. The summed E-state index contributed by atoms with van der Waals surface area (Å²) in [5.74, 6) is -0.936. The zero-order valence-electron chi connectivity index (χ0n) is 29.6. The normalized spacial score (nSPS) is 18.9. The van der Waals surface area contributed by atoms with Crippen molar-refractivity contribution in [3.05, 3.63) is 160 Å². The Labute approximate surface area is 327 Å². The number of amides is 1. The van der Waals surface area contributed by atoms with Gasteiger partial charge < -0.3 is 10.0 Å². The first-order chi connectivity index (χ1) is 26.3. The zero-order valence-corrected chi connectivity index (χ0v) is 32.0. The van der Waals surface area contributed by atoms with E-state index in [9.17, 15) is 14.7 Å². The highest BCUT2D eigenvalue weighted by Gasteiger charge is 2.42. The molecule has 1 N–H and O–H groups in total. The highest BCUT2D eigenvalue weighted by molar-refractivity contribution is 8.26. The van der Waals surface area contributed by atoms with E-state index < -0.39 is 12.5 Å². The molecule has 9 rings (SSSR count). The van der Waals surface area contributed by atoms with Gasteiger partial charge in [-0.1, -0.05) is 127 Å². The minimum atomic E-state index is -1.09. The molecule has 8 heteroatoms. The molecule has 1 amide bonds. The predicted octanol–water partition coefficient (Wildman–Crippen LogP) is 11.7. The molecule has 0 radical (unpaired) electrons. The van der Waals surface area contributed by atoms with Crippen molar-refractivity contribution in [2.75, 3.05) is 11.4 Å². The molecule has 5 aromatic carbocycles. The number of benzene rings is 5. The van der Waals surface area contributed by atoms with Gasteiger partial charge in [-0.05, 0) is 95.1 Å². The third-order valence-corrected chi connectivity index (χ3v) is 13.2. The van der Waals surface area contributed by atoms with Gasteiger partial charge in [0.2, 0.25) is 0 Å². The van der Waals surface area contributed by atoms with E-state index in [0.717, 1.165) is 26.9 Å². The smallest absolute Gasteiger partial charge is 0.323 e. The summed E-state index contributed by atoms with van der Waals surface area (Å²) in [4.78, 5) is 28.3. The second-order valence-corrected chi connectivity index (χ2v) is 16.9. The maximum atomic E-state index is 12.9. The average Bonchev–Trinajstić information content (AvgIpc) is 3.93. The number of thiocarbonyl (C=S) groups is 1. The topological polar surface area (TPSA) is 60.9 Å². The number of fused-ring (bicyclic) bond motifs is 6. The van der Waals surface area contributed by atoms with Crippen LogP contribution in [0.15, 0.2) is 132 Å². The van der Waals surface area contributed by atoms with E-state index in [1.807, 2.05) is 12.1 Å². The van der Waals surface area contributed by atoms with Crippen LogP contribution in [0.3, 0.4) is 0 Å². The van der Waals surface area contributed by atoms with Crippen molar-refractivity contribution in [3.63, 3.8) is 0 Å². The first-order valence-corrected chi connectivity index (χ1v) is 20.2. The molecule has 0 spiro atoms. The van der Waals surface area contributed by atoms with Gasteiger partial charge in [0.05, 0.1) is 4.91 Å². The molecule has 54 heavy (non-hydrogen) atoms. The summed E-state index contributed by atoms with van der Waals surface area (Å²) in [6.07, 6.45) is 10.0. The number of allylic oxidation sites excluding steroid dienone is 2. The summed E-state index contributed by atoms with van der Waals surface area (Å²) >= 11 is 8.19. The minimum absolute atomic E-state index is 0.272. The van der Waals surface area contributed by atoms with Crippen molar-refractivity contribution in [1.82, 2.24) is 4.90 Å². The summed E-state index contributed by atoms with van der Waals surface area (Å²) in [6.45, 7) is 1.77. The van der Waals surface area contributed by atoms with E-state index in [4.69, 9.17) is 12.2 Å². The van der Waals surface area contributed by atoms with Crippen LogP contribution >= 0.6 is 35.3 Å². The Morgan fingerprint density at radius 1 is 0.852 bits per heavy atom. The Balaban J connectivity index is 1.02. The summed E-state index contributed by atoms with van der Waals surface area (Å²) in [5, 5.41) is 11.6. The highest BCUT2D eigenvalue weighted by Crippen LogP contribution is 2.53. The standard InChI is InChI=1S/C46H36N2O3S3/c1-28(22-37(31-9-4-2-5-10-31)32-11-6-3-7-12-32)21-29-16-20-40-38(23-29)34-13-8-14-39(34)48(40)33-17-19-36-35-18-15-30(24-41(35)53-42(36)26-33)25-43-45(51)47(27-44(49)50)46(52)54-43/h2-7,9-12,15-26,34,39H,8,13-14,27H2,1H3,(H,49,50)/b28-21+,43-25-. The van der Waals surface area contributed by atoms with Crippen molar-refractivity contribution in [1.29, 1.82) is 0 Å². The summed E-state index contributed by atoms with van der Waals surface area (Å²) in [6, 6.07) is 41.8. The van der Waals surface area contributed by atoms with Crippen LogP contribution in [0.5, 0.6) is 0 Å². The van der Waals surface area contributed by atoms with Crippen LogP contribution in [0.1, 0.15) is 59.9 Å². The molecule has 0 bridgehead atoms. The van der Waals surface area contributed by atoms with Crippen molar-refractivity contribution in [2.24, 2.45) is 0 Å². The Hall–Kier alpha value is -5.28. The number of nitrogens with zero attached hydrogens (tertiary/aromatic N) is 2. The maximum Gasteiger partial charge on any atom is 0.323 e. The van der Waals surface area contributed by atoms with Gasteiger partial charge in [-0.3, -0.25) is 14.5 Å². The lowest BCUT2D eigenvalue weighted by molar-refractivity contribution is -0.140. The molecule has 2 fully saturated rings. The van der Waals surface area contributed by atoms with Gasteiger partial charge in [-0.2, -0.15) is 0 Å². The minimum Gasteiger partial charge on any atom is -0.480 e. The molecule has 2 aliphatic heterocycles. The number of thioether (sulfide) groups is 1. The molecule has 2 unspecified atom stereocenters. The largest absolute Gasteiger partial charge is 0.480 e. The van der Waals surface area contributed by atoms with Crippen molar-refractivity contribution in [3.8, 4) is 0 Å². The molecule has 1 aliphatic carbocycles. The molecule has 266 valence electrons. The van der Waals surface area contributed by atoms with E-state index in [0.29, 0.717) is 16.9 Å². The van der Waals surface area contributed by atoms with Gasteiger partial charge in [0.15, 0.2) is 0 Å². The molecular weight excluding hydrogens is 725 g/mol. The molecule has 3 heterocycles. The monoisotopic (exact) mass is 760 g/mol. The molecule has 2 atom stereocenters. The SMILES string of the molecule is C/C(C=C(c1ccccc1)c1ccccc1)=C\c1ccc2c(c1)C1CCCC1N2c1ccc2c(c1)sc1cc(/C=C3\SC(=S)N(CC(=O)O)C3=O)ccc12. The van der Waals surface area contributed by atoms with Crippen molar-refractivity contribution >= 4 is 101 Å². The molecule has 6 aromatic rings. The second-order valence-electron chi connectivity index (χ2n) is 14.2. The van der Waals surface area contributed by atoms with Crippen LogP contribution in [0, 0.1) is 0 Å². The molecular formula is C46H36N2O3S3. The highest BCUT2D eigenvalue weighted by atomic mass is 32.2. The van der Waals surface area contributed by atoms with Crippen molar-refractivity contribution in [2.45, 2.75) is 38.1 Å². The van der Waals surface area contributed by atoms with Crippen LogP contribution in [0.25, 0.3) is 37.9 Å². The van der Waals surface area contributed by atoms with Gasteiger partial charge in [-0.25, -0.2) is 0 Å². The van der Waals surface area contributed by atoms with E-state index in [-0.39, 0.29) is 10.2 Å². The first kappa shape index (κ1) is 34.5. The number of anilines is 2. The molecule has 5 nitrogen and oxygen atoms in total. The third-order valence-electron chi connectivity index (χ3n) is 10.7. The van der Waals surface area contributed by atoms with Gasteiger partial charge in [0.25, 0.3) is 5.91 Å². The Morgan fingerprint density at radius 2 is 1.54 bits per heavy atom. The fourth-order valence-electron chi connectivity index (χ4n) is 8.35. The molecule has 1 aromatic heterocycles. The van der Waals surface area contributed by atoms with E-state index in [2.05, 4.69) is 133 Å². The molecule has 3 aliphatic rings. The number of hydrogen-bond donors (Lipinski definition) is 1. The van der Waals surface area contributed by atoms with Gasteiger partial charge in [0, 0.05) is 43.5 Å². The number of hydrogen-bond acceptors (Lipinski definition) is 6. The number of carboxylic acids is 1. The number of carboxylic acid groups (broad SMARTS) is 1. The number of thiophene rings is 1. The van der Waals surface area contributed by atoms with Crippen LogP contribution in [0.4, 0.5) is 11.4 Å². The Kier molecular flexibility index (Phi) is 9.05. The van der Waals surface area contributed by atoms with Crippen LogP contribution in [0.2, 0.25) is 0 Å². The van der Waals surface area contributed by atoms with Crippen LogP contribution < -0.4 is 4.90 Å². The van der Waals surface area contributed by atoms with Gasteiger partial charge in [-0.15, -0.1) is 11.3 Å². The van der Waals surface area contributed by atoms with E-state index in [1.54, 1.807) is 11.3 Å². The van der Waals surface area contributed by atoms with Gasteiger partial charge in [0.1, 0.15) is 10.9 Å². The number of carbonyl (C=O) groups is 2. The lowest BCUT2D eigenvalue weighted by atomic mass is 9.94. The maximum absolute atomic E-state index is 12.9. The Morgan fingerprint density at radius 3 is 2.26 bits per heavy atom. The van der Waals surface area contributed by atoms with E-state index >= 15 is 0 Å². The lowest BCUT2D eigenvalue weighted by Gasteiger charge is -2.27. The fourth-order valence-corrected chi connectivity index (χ4v) is 10.8. The zero-order chi connectivity index (χ0) is 36.9. The molecule has 1 saturated heterocycles. The van der Waals surface area contributed by atoms with Crippen LogP contribution in [-0.4, -0.2) is 38.8 Å². The number of aliphatic carboxylic acids is 1. The van der Waals surface area contributed by atoms with E-state index in [1.165, 1.54) is 79.5 Å². The van der Waals surface area contributed by atoms with Crippen molar-refractivity contribution < 1.29 is 14.7 Å². The fraction of sp³-hybridized carbons (Fsp3) is 0.152. The predicted molar refractivity (Wildman–Crippen MR) is 229 cm³/mol. The second kappa shape index (κ2) is 14.2. The number of rotatable bonds is 8. The van der Waals surface area contributed by atoms with Gasteiger partial charge >= 0.3 is 5.97 Å². The molecule has 1 saturated carbocycles. The lowest BCUT2D eigenvalue weighted by Crippen LogP contribution is -2.33. The summed E-state index contributed by atoms with van der Waals surface area (Å²) < 4.78 is 2.64. The first-order valence-electron chi connectivity index (χ1n) is 18.2.